The Morgan fingerprint density at radius 2 is 1.91 bits per heavy atom. The van der Waals surface area contributed by atoms with Crippen LogP contribution in [0.3, 0.4) is 0 Å². The number of carbonyl (C=O) groups excluding carboxylic acids is 2. The van der Waals surface area contributed by atoms with Gasteiger partial charge in [-0.25, -0.2) is 8.42 Å². The van der Waals surface area contributed by atoms with Crippen molar-refractivity contribution in [2.24, 2.45) is 5.73 Å². The van der Waals surface area contributed by atoms with E-state index in [-0.39, 0.29) is 23.8 Å². The third-order valence-corrected chi connectivity index (χ3v) is 6.45. The maximum atomic E-state index is 12.7. The van der Waals surface area contributed by atoms with Crippen molar-refractivity contribution in [3.05, 3.63) is 54.3 Å². The molecule has 182 valence electrons. The monoisotopic (exact) mass is 488 g/mol. The first-order valence-electron chi connectivity index (χ1n) is 10.6. The normalized spacial score (nSPS) is 19.7. The number of hydrogen-bond donors (Lipinski definition) is 3. The molecule has 1 aromatic carbocycles. The number of benzene rings is 1. The summed E-state index contributed by atoms with van der Waals surface area (Å²) in [6.07, 6.45) is 9.43. The summed E-state index contributed by atoms with van der Waals surface area (Å²) in [4.78, 5) is 28.9. The number of pyridine rings is 1. The van der Waals surface area contributed by atoms with Gasteiger partial charge in [0.25, 0.3) is 5.91 Å². The molecular weight excluding hydrogens is 460 g/mol. The van der Waals surface area contributed by atoms with Gasteiger partial charge in [0.05, 0.1) is 23.9 Å². The van der Waals surface area contributed by atoms with Crippen molar-refractivity contribution in [1.29, 1.82) is 0 Å². The molecule has 0 fully saturated rings. The maximum absolute atomic E-state index is 12.7. The molecule has 1 aromatic heterocycles. The van der Waals surface area contributed by atoms with E-state index in [0.29, 0.717) is 28.8 Å². The largest absolute Gasteiger partial charge is 0.496 e. The van der Waals surface area contributed by atoms with Crippen molar-refractivity contribution in [1.82, 2.24) is 15.6 Å². The zero-order chi connectivity index (χ0) is 24.9. The molecule has 3 rings (SSSR count). The second-order valence-electron chi connectivity index (χ2n) is 7.90. The predicted molar refractivity (Wildman–Crippen MR) is 129 cm³/mol. The lowest BCUT2D eigenvalue weighted by atomic mass is 9.92. The summed E-state index contributed by atoms with van der Waals surface area (Å²) in [7, 11) is 0.0192. The van der Waals surface area contributed by atoms with E-state index in [1.165, 1.54) is 7.11 Å². The number of nitrogens with one attached hydrogen (secondary N) is 2. The molecule has 1 aliphatic carbocycles. The summed E-state index contributed by atoms with van der Waals surface area (Å²) < 4.78 is 33.8. The van der Waals surface area contributed by atoms with E-state index < -0.39 is 27.4 Å². The Labute approximate surface area is 198 Å². The van der Waals surface area contributed by atoms with Gasteiger partial charge in [-0.05, 0) is 37.8 Å². The van der Waals surface area contributed by atoms with Crippen LogP contribution in [0.15, 0.2) is 48.7 Å². The van der Waals surface area contributed by atoms with Crippen molar-refractivity contribution in [2.45, 2.75) is 18.1 Å². The first-order valence-corrected chi connectivity index (χ1v) is 12.6. The Hall–Kier alpha value is -3.44. The molecule has 0 atom stereocenters. The minimum atomic E-state index is -3.08. The Kier molecular flexibility index (Phi) is 7.57. The van der Waals surface area contributed by atoms with Crippen molar-refractivity contribution < 1.29 is 27.5 Å². The molecule has 0 bridgehead atoms. The number of ether oxygens (including phenoxy) is 2. The molecule has 0 aliphatic heterocycles. The topological polar surface area (TPSA) is 150 Å². The van der Waals surface area contributed by atoms with Crippen molar-refractivity contribution in [3.63, 3.8) is 0 Å². The first-order chi connectivity index (χ1) is 16.1. The van der Waals surface area contributed by atoms with Gasteiger partial charge < -0.3 is 20.5 Å². The zero-order valence-electron chi connectivity index (χ0n) is 19.2. The van der Waals surface area contributed by atoms with E-state index in [4.69, 9.17) is 15.2 Å². The number of likely N-dealkylation sites (N-methyl/N-ethyl adjacent to an activating group) is 1. The number of aromatic nitrogens is 1. The van der Waals surface area contributed by atoms with Crippen LogP contribution in [0, 0.1) is 0 Å². The number of carbonyl (C=O) groups is 2. The van der Waals surface area contributed by atoms with Gasteiger partial charge in [0.2, 0.25) is 5.91 Å². The molecule has 2 aromatic rings. The highest BCUT2D eigenvalue weighted by atomic mass is 32.2. The number of sulfone groups is 1. The number of methoxy groups -OCH3 is 1. The van der Waals surface area contributed by atoms with E-state index in [1.807, 2.05) is 0 Å². The first kappa shape index (κ1) is 25.2. The summed E-state index contributed by atoms with van der Waals surface area (Å²) in [6.45, 7) is 0.242. The van der Waals surface area contributed by atoms with E-state index in [0.717, 1.165) is 6.26 Å². The van der Waals surface area contributed by atoms with E-state index in [9.17, 15) is 18.0 Å². The second kappa shape index (κ2) is 10.2. The molecule has 0 saturated heterocycles. The number of hydrogen-bond acceptors (Lipinski definition) is 8. The Morgan fingerprint density at radius 3 is 2.50 bits per heavy atom. The van der Waals surface area contributed by atoms with Gasteiger partial charge >= 0.3 is 0 Å². The third-order valence-electron chi connectivity index (χ3n) is 5.42. The Balaban J connectivity index is 1.75. The molecule has 34 heavy (non-hydrogen) atoms. The lowest BCUT2D eigenvalue weighted by Crippen LogP contribution is -2.54. The summed E-state index contributed by atoms with van der Waals surface area (Å²) >= 11 is 0. The summed E-state index contributed by atoms with van der Waals surface area (Å²) in [5.41, 5.74) is 5.17. The van der Waals surface area contributed by atoms with Crippen molar-refractivity contribution in [3.8, 4) is 11.5 Å². The molecule has 0 spiro atoms. The minimum absolute atomic E-state index is 0.00462. The van der Waals surface area contributed by atoms with Crippen LogP contribution in [0.1, 0.15) is 16.8 Å². The van der Waals surface area contributed by atoms with Crippen LogP contribution in [0.4, 0.5) is 0 Å². The highest BCUT2D eigenvalue weighted by Crippen LogP contribution is 2.31. The van der Waals surface area contributed by atoms with Gasteiger partial charge in [-0.3, -0.25) is 19.9 Å². The number of rotatable bonds is 10. The van der Waals surface area contributed by atoms with Crippen LogP contribution in [-0.2, 0) is 14.6 Å². The zero-order valence-corrected chi connectivity index (χ0v) is 20.0. The van der Waals surface area contributed by atoms with Crippen LogP contribution in [-0.4, -0.2) is 69.6 Å². The molecule has 0 unspecified atom stereocenters. The number of amides is 2. The highest BCUT2D eigenvalue weighted by molar-refractivity contribution is 7.90. The van der Waals surface area contributed by atoms with E-state index >= 15 is 0 Å². The van der Waals surface area contributed by atoms with Gasteiger partial charge in [0, 0.05) is 30.4 Å². The molecular formula is C23H28N4O6S. The number of nitrogens with two attached hydrogens (primary N) is 1. The van der Waals surface area contributed by atoms with Crippen molar-refractivity contribution >= 4 is 32.6 Å². The van der Waals surface area contributed by atoms with Gasteiger partial charge in [-0.1, -0.05) is 12.2 Å². The third kappa shape index (κ3) is 5.72. The standard InChI is InChI=1S/C23H28N4O6S/c1-25-23(22(29)27-10-4-12-34(3,30)31)8-5-15(6-9-23)33-19-7-11-26-18-14-20(32-2)17(21(24)28)13-16(18)19/h5-9,11,13-15,25H,4,10,12H2,1-3H3,(H2,24,28)(H,27,29). The van der Waals surface area contributed by atoms with E-state index in [2.05, 4.69) is 15.6 Å². The molecule has 10 nitrogen and oxygen atoms in total. The molecule has 4 N–H and O–H groups in total. The predicted octanol–water partition coefficient (Wildman–Crippen LogP) is 0.725. The molecule has 1 heterocycles. The van der Waals surface area contributed by atoms with Crippen LogP contribution in [0.5, 0.6) is 11.5 Å². The smallest absolute Gasteiger partial charge is 0.252 e. The van der Waals surface area contributed by atoms with Gasteiger partial charge in [0.15, 0.2) is 0 Å². The van der Waals surface area contributed by atoms with Crippen LogP contribution < -0.4 is 25.8 Å². The lowest BCUT2D eigenvalue weighted by molar-refractivity contribution is -0.124. The maximum Gasteiger partial charge on any atom is 0.252 e. The Bertz CT molecular complexity index is 1240. The number of nitrogens with zero attached hydrogens (tertiary/aromatic N) is 1. The van der Waals surface area contributed by atoms with Gasteiger partial charge in [-0.15, -0.1) is 0 Å². The molecule has 0 radical (unpaired) electrons. The fourth-order valence-electron chi connectivity index (χ4n) is 3.56. The second-order valence-corrected chi connectivity index (χ2v) is 10.2. The lowest BCUT2D eigenvalue weighted by Gasteiger charge is -2.29. The number of primary amides is 1. The fraction of sp³-hybridized carbons (Fsp3) is 0.348. The van der Waals surface area contributed by atoms with Crippen molar-refractivity contribution in [2.75, 3.05) is 32.7 Å². The quantitative estimate of drug-likeness (QED) is 0.327. The van der Waals surface area contributed by atoms with Crippen LogP contribution >= 0.6 is 0 Å². The van der Waals surface area contributed by atoms with Crippen LogP contribution in [0.25, 0.3) is 10.9 Å². The molecule has 1 aliphatic rings. The highest BCUT2D eigenvalue weighted by Gasteiger charge is 2.33. The average Bonchev–Trinajstić information content (AvgIpc) is 2.81. The number of fused-ring (bicyclic) bond motifs is 1. The molecule has 2 amide bonds. The fourth-order valence-corrected chi connectivity index (χ4v) is 4.23. The minimum Gasteiger partial charge on any atom is -0.496 e. The summed E-state index contributed by atoms with van der Waals surface area (Å²) in [5.74, 6) is -0.126. The van der Waals surface area contributed by atoms with Gasteiger partial charge in [0.1, 0.15) is 33.0 Å². The summed E-state index contributed by atoms with van der Waals surface area (Å²) in [5, 5.41) is 6.34. The SMILES string of the molecule is CNC1(C(=O)NCCCS(C)(=O)=O)C=CC(Oc2ccnc3cc(OC)c(C(N)=O)cc23)C=C1. The van der Waals surface area contributed by atoms with Gasteiger partial charge in [-0.2, -0.15) is 0 Å². The van der Waals surface area contributed by atoms with Crippen LogP contribution in [0.2, 0.25) is 0 Å². The molecule has 11 heteroatoms. The Morgan fingerprint density at radius 1 is 1.21 bits per heavy atom. The average molecular weight is 489 g/mol. The molecule has 0 saturated carbocycles. The van der Waals surface area contributed by atoms with E-state index in [1.54, 1.807) is 55.7 Å². The summed E-state index contributed by atoms with van der Waals surface area (Å²) in [6, 6.07) is 4.88.